The van der Waals surface area contributed by atoms with Crippen molar-refractivity contribution in [2.45, 2.75) is 25.5 Å². The van der Waals surface area contributed by atoms with Crippen LogP contribution in [0.4, 0.5) is 0 Å². The van der Waals surface area contributed by atoms with E-state index in [1.165, 1.54) is 0 Å². The van der Waals surface area contributed by atoms with Gasteiger partial charge in [-0.2, -0.15) is 0 Å². The van der Waals surface area contributed by atoms with E-state index in [1.807, 2.05) is 31.2 Å². The molecule has 2 unspecified atom stereocenters. The van der Waals surface area contributed by atoms with Crippen LogP contribution in [0.1, 0.15) is 25.0 Å². The summed E-state index contributed by atoms with van der Waals surface area (Å²) in [7, 11) is 0. The van der Waals surface area contributed by atoms with Crippen LogP contribution < -0.4 is 10.5 Å². The molecule has 0 amide bonds. The first-order valence-electron chi connectivity index (χ1n) is 6.64. The molecule has 2 atom stereocenters. The van der Waals surface area contributed by atoms with Crippen molar-refractivity contribution in [1.29, 1.82) is 0 Å². The zero-order valence-corrected chi connectivity index (χ0v) is 14.6. The van der Waals surface area contributed by atoms with Crippen LogP contribution in [-0.4, -0.2) is 6.04 Å². The molecule has 0 aliphatic carbocycles. The van der Waals surface area contributed by atoms with Gasteiger partial charge in [0.25, 0.3) is 0 Å². The van der Waals surface area contributed by atoms with Crippen LogP contribution in [0.3, 0.4) is 0 Å². The van der Waals surface area contributed by atoms with E-state index in [1.54, 1.807) is 18.2 Å². The summed E-state index contributed by atoms with van der Waals surface area (Å²) in [5.74, 6) is 0.647. The Kier molecular flexibility index (Phi) is 5.94. The van der Waals surface area contributed by atoms with Gasteiger partial charge in [-0.05, 0) is 24.6 Å². The number of benzene rings is 2. The summed E-state index contributed by atoms with van der Waals surface area (Å²) in [5.41, 5.74) is 7.24. The normalized spacial score (nSPS) is 13.8. The monoisotopic (exact) mass is 387 g/mol. The van der Waals surface area contributed by atoms with Crippen molar-refractivity contribution in [3.05, 3.63) is 62.5 Å². The maximum absolute atomic E-state index is 6.23. The molecule has 2 aromatic carbocycles. The van der Waals surface area contributed by atoms with E-state index in [2.05, 4.69) is 15.9 Å². The Morgan fingerprint density at radius 1 is 1.14 bits per heavy atom. The molecule has 0 saturated carbocycles. The molecule has 0 aliphatic heterocycles. The maximum Gasteiger partial charge on any atom is 0.140 e. The minimum absolute atomic E-state index is 0.127. The molecule has 0 aliphatic rings. The molecule has 2 aromatic rings. The van der Waals surface area contributed by atoms with Gasteiger partial charge in [0, 0.05) is 22.1 Å². The SMILES string of the molecule is CCC(N)C(Oc1ccc(Cl)c(Cl)c1)c1ccccc1Br. The Balaban J connectivity index is 2.33. The summed E-state index contributed by atoms with van der Waals surface area (Å²) in [6.45, 7) is 2.03. The van der Waals surface area contributed by atoms with E-state index in [0.29, 0.717) is 15.8 Å². The first-order valence-corrected chi connectivity index (χ1v) is 8.19. The number of nitrogens with two attached hydrogens (primary N) is 1. The molecule has 112 valence electrons. The highest BCUT2D eigenvalue weighted by molar-refractivity contribution is 9.10. The summed E-state index contributed by atoms with van der Waals surface area (Å²) in [4.78, 5) is 0. The summed E-state index contributed by atoms with van der Waals surface area (Å²) < 4.78 is 7.04. The molecule has 5 heteroatoms. The molecule has 0 fully saturated rings. The third-order valence-electron chi connectivity index (χ3n) is 3.23. The fraction of sp³-hybridized carbons (Fsp3) is 0.250. The molecule has 0 saturated heterocycles. The van der Waals surface area contributed by atoms with Gasteiger partial charge in [-0.3, -0.25) is 0 Å². The Bertz CT molecular complexity index is 621. The van der Waals surface area contributed by atoms with Crippen LogP contribution in [0.5, 0.6) is 5.75 Å². The average molecular weight is 389 g/mol. The summed E-state index contributed by atoms with van der Waals surface area (Å²) in [6.07, 6.45) is 0.538. The van der Waals surface area contributed by atoms with Gasteiger partial charge in [0.1, 0.15) is 11.9 Å². The lowest BCUT2D eigenvalue weighted by molar-refractivity contribution is 0.170. The van der Waals surface area contributed by atoms with Crippen LogP contribution in [0, 0.1) is 0 Å². The molecule has 0 spiro atoms. The van der Waals surface area contributed by atoms with Crippen LogP contribution >= 0.6 is 39.1 Å². The van der Waals surface area contributed by atoms with Crippen molar-refractivity contribution in [2.75, 3.05) is 0 Å². The highest BCUT2D eigenvalue weighted by Crippen LogP contribution is 2.33. The topological polar surface area (TPSA) is 35.2 Å². The molecule has 2 rings (SSSR count). The number of hydrogen-bond acceptors (Lipinski definition) is 2. The molecule has 2 N–H and O–H groups in total. The van der Waals surface area contributed by atoms with Crippen molar-refractivity contribution in [1.82, 2.24) is 0 Å². The van der Waals surface area contributed by atoms with E-state index >= 15 is 0 Å². The van der Waals surface area contributed by atoms with Crippen molar-refractivity contribution in [3.8, 4) is 5.75 Å². The summed E-state index contributed by atoms with van der Waals surface area (Å²) >= 11 is 15.5. The molecule has 0 heterocycles. The zero-order valence-electron chi connectivity index (χ0n) is 11.5. The Labute approximate surface area is 143 Å². The maximum atomic E-state index is 6.23. The van der Waals surface area contributed by atoms with Crippen molar-refractivity contribution >= 4 is 39.1 Å². The van der Waals surface area contributed by atoms with E-state index in [0.717, 1.165) is 16.5 Å². The quantitative estimate of drug-likeness (QED) is 0.721. The molecular formula is C16H16BrCl2NO. The fourth-order valence-electron chi connectivity index (χ4n) is 2.00. The van der Waals surface area contributed by atoms with Crippen molar-refractivity contribution in [3.63, 3.8) is 0 Å². The molecule has 0 radical (unpaired) electrons. The highest BCUT2D eigenvalue weighted by atomic mass is 79.9. The van der Waals surface area contributed by atoms with Crippen molar-refractivity contribution in [2.24, 2.45) is 5.73 Å². The van der Waals surface area contributed by atoms with Crippen LogP contribution in [0.2, 0.25) is 10.0 Å². The Morgan fingerprint density at radius 3 is 2.48 bits per heavy atom. The van der Waals surface area contributed by atoms with Crippen molar-refractivity contribution < 1.29 is 4.74 Å². The largest absolute Gasteiger partial charge is 0.484 e. The van der Waals surface area contributed by atoms with Gasteiger partial charge in [-0.1, -0.05) is 64.3 Å². The fourth-order valence-corrected chi connectivity index (χ4v) is 2.80. The molecule has 0 aromatic heterocycles. The third-order valence-corrected chi connectivity index (χ3v) is 4.69. The second-order valence-electron chi connectivity index (χ2n) is 4.71. The van der Waals surface area contributed by atoms with E-state index < -0.39 is 0 Å². The molecule has 21 heavy (non-hydrogen) atoms. The second-order valence-corrected chi connectivity index (χ2v) is 6.38. The minimum Gasteiger partial charge on any atom is -0.484 e. The second kappa shape index (κ2) is 7.50. The first kappa shape index (κ1) is 16.6. The molecule has 2 nitrogen and oxygen atoms in total. The van der Waals surface area contributed by atoms with E-state index in [9.17, 15) is 0 Å². The smallest absolute Gasteiger partial charge is 0.140 e. The van der Waals surface area contributed by atoms with Gasteiger partial charge in [0.15, 0.2) is 0 Å². The van der Waals surface area contributed by atoms with Crippen LogP contribution in [0.15, 0.2) is 46.9 Å². The Morgan fingerprint density at radius 2 is 1.86 bits per heavy atom. The number of hydrogen-bond donors (Lipinski definition) is 1. The number of rotatable bonds is 5. The average Bonchev–Trinajstić information content (AvgIpc) is 2.48. The number of ether oxygens (including phenoxy) is 1. The first-order chi connectivity index (χ1) is 10.0. The van der Waals surface area contributed by atoms with Crippen LogP contribution in [0.25, 0.3) is 0 Å². The molecule has 0 bridgehead atoms. The predicted molar refractivity (Wildman–Crippen MR) is 92.2 cm³/mol. The predicted octanol–water partition coefficient (Wildman–Crippen LogP) is 5.61. The Hall–Kier alpha value is -0.740. The van der Waals surface area contributed by atoms with Gasteiger partial charge in [-0.15, -0.1) is 0 Å². The number of halogens is 3. The lowest BCUT2D eigenvalue weighted by Gasteiger charge is -2.25. The zero-order chi connectivity index (χ0) is 15.4. The van der Waals surface area contributed by atoms with E-state index in [4.69, 9.17) is 33.7 Å². The molecular weight excluding hydrogens is 373 g/mol. The standard InChI is InChI=1S/C16H16BrCl2NO/c1-2-15(20)16(11-5-3-4-6-12(11)17)21-10-7-8-13(18)14(19)9-10/h3-9,15-16H,2,20H2,1H3. The lowest BCUT2D eigenvalue weighted by atomic mass is 10.0. The van der Waals surface area contributed by atoms with Gasteiger partial charge >= 0.3 is 0 Å². The van der Waals surface area contributed by atoms with Gasteiger partial charge < -0.3 is 10.5 Å². The van der Waals surface area contributed by atoms with Gasteiger partial charge in [0.2, 0.25) is 0 Å². The third kappa shape index (κ3) is 4.13. The summed E-state index contributed by atoms with van der Waals surface area (Å²) in [5, 5.41) is 0.964. The lowest BCUT2D eigenvalue weighted by Crippen LogP contribution is -2.31. The van der Waals surface area contributed by atoms with Gasteiger partial charge in [-0.25, -0.2) is 0 Å². The minimum atomic E-state index is -0.261. The van der Waals surface area contributed by atoms with E-state index in [-0.39, 0.29) is 12.1 Å². The van der Waals surface area contributed by atoms with Crippen LogP contribution in [-0.2, 0) is 0 Å². The summed E-state index contributed by atoms with van der Waals surface area (Å²) in [6, 6.07) is 13.0. The van der Waals surface area contributed by atoms with Gasteiger partial charge in [0.05, 0.1) is 10.0 Å². The highest BCUT2D eigenvalue weighted by Gasteiger charge is 2.22.